The van der Waals surface area contributed by atoms with Crippen molar-refractivity contribution >= 4 is 5.97 Å². The van der Waals surface area contributed by atoms with Crippen LogP contribution in [0.4, 0.5) is 0 Å². The van der Waals surface area contributed by atoms with Crippen molar-refractivity contribution in [3.63, 3.8) is 0 Å². The standard InChI is InChI=1S/C15H16N4O3/c1-7-5-9(20)17-14(16-7)19-12-10(11(18-19)13(21)22)8-3-4-15(12,2)6-8/h5,8H,3-4,6H2,1-2H3,(H,21,22)(H,16,17,20). The van der Waals surface area contributed by atoms with Gasteiger partial charge in [-0.25, -0.2) is 14.5 Å². The Balaban J connectivity index is 2.03. The van der Waals surface area contributed by atoms with Gasteiger partial charge < -0.3 is 5.11 Å². The molecule has 0 amide bonds. The Morgan fingerprint density at radius 1 is 1.55 bits per heavy atom. The summed E-state index contributed by atoms with van der Waals surface area (Å²) in [5.74, 6) is -0.486. The van der Waals surface area contributed by atoms with E-state index in [-0.39, 0.29) is 22.6 Å². The normalized spacial score (nSPS) is 25.5. The summed E-state index contributed by atoms with van der Waals surface area (Å²) < 4.78 is 1.53. The molecule has 1 fully saturated rings. The van der Waals surface area contributed by atoms with E-state index in [9.17, 15) is 14.7 Å². The Labute approximate surface area is 126 Å². The van der Waals surface area contributed by atoms with Crippen molar-refractivity contribution in [3.8, 4) is 5.95 Å². The van der Waals surface area contributed by atoms with E-state index in [2.05, 4.69) is 22.0 Å². The van der Waals surface area contributed by atoms with Crippen LogP contribution >= 0.6 is 0 Å². The molecule has 2 bridgehead atoms. The highest BCUT2D eigenvalue weighted by atomic mass is 16.4. The largest absolute Gasteiger partial charge is 0.476 e. The molecular weight excluding hydrogens is 284 g/mol. The second kappa shape index (κ2) is 4.06. The molecule has 0 aromatic carbocycles. The maximum Gasteiger partial charge on any atom is 0.356 e. The van der Waals surface area contributed by atoms with Gasteiger partial charge in [-0.1, -0.05) is 6.92 Å². The molecule has 2 heterocycles. The topological polar surface area (TPSA) is 101 Å². The SMILES string of the molecule is Cc1cc(=O)[nH]c(-n2nc(C(=O)O)c3c2C2(C)CCC3C2)n1. The van der Waals surface area contributed by atoms with Crippen LogP contribution in [0.5, 0.6) is 0 Å². The lowest BCUT2D eigenvalue weighted by molar-refractivity contribution is 0.0688. The van der Waals surface area contributed by atoms with Crippen molar-refractivity contribution in [1.82, 2.24) is 19.7 Å². The Hall–Kier alpha value is -2.44. The quantitative estimate of drug-likeness (QED) is 0.875. The highest BCUT2D eigenvalue weighted by Crippen LogP contribution is 2.58. The van der Waals surface area contributed by atoms with Crippen molar-refractivity contribution in [2.45, 2.75) is 44.4 Å². The lowest BCUT2D eigenvalue weighted by atomic mass is 9.85. The summed E-state index contributed by atoms with van der Waals surface area (Å²) in [4.78, 5) is 30.2. The molecule has 4 rings (SSSR count). The van der Waals surface area contributed by atoms with Crippen LogP contribution in [0.3, 0.4) is 0 Å². The number of hydrogen-bond acceptors (Lipinski definition) is 4. The van der Waals surface area contributed by atoms with Crippen molar-refractivity contribution < 1.29 is 9.90 Å². The van der Waals surface area contributed by atoms with Gasteiger partial charge in [0.1, 0.15) is 0 Å². The number of nitrogens with one attached hydrogen (secondary N) is 1. The monoisotopic (exact) mass is 300 g/mol. The number of aromatic carboxylic acids is 1. The van der Waals surface area contributed by atoms with Gasteiger partial charge in [0.25, 0.3) is 5.56 Å². The summed E-state index contributed by atoms with van der Waals surface area (Å²) in [7, 11) is 0. The molecule has 0 spiro atoms. The summed E-state index contributed by atoms with van der Waals surface area (Å²) in [6.07, 6.45) is 2.94. The Kier molecular flexibility index (Phi) is 2.44. The molecule has 0 saturated heterocycles. The van der Waals surface area contributed by atoms with Gasteiger partial charge in [0.05, 0.1) is 5.69 Å². The van der Waals surface area contributed by atoms with Gasteiger partial charge in [0, 0.05) is 22.7 Å². The number of hydrogen-bond donors (Lipinski definition) is 2. The van der Waals surface area contributed by atoms with Crippen LogP contribution in [0.25, 0.3) is 5.95 Å². The maximum atomic E-state index is 11.7. The fourth-order valence-electron chi connectivity index (χ4n) is 4.07. The minimum atomic E-state index is -1.03. The number of nitrogens with zero attached hydrogens (tertiary/aromatic N) is 3. The fourth-order valence-corrected chi connectivity index (χ4v) is 4.07. The van der Waals surface area contributed by atoms with E-state index in [1.807, 2.05) is 0 Å². The van der Waals surface area contributed by atoms with Crippen LogP contribution in [-0.4, -0.2) is 30.8 Å². The second-order valence-electron chi connectivity index (χ2n) is 6.54. The Bertz CT molecular complexity index is 866. The molecule has 114 valence electrons. The van der Waals surface area contributed by atoms with Crippen molar-refractivity contribution in [2.24, 2.45) is 0 Å². The first-order valence-corrected chi connectivity index (χ1v) is 7.34. The predicted octanol–water partition coefficient (Wildman–Crippen LogP) is 1.50. The van der Waals surface area contributed by atoms with E-state index in [4.69, 9.17) is 0 Å². The van der Waals surface area contributed by atoms with Crippen molar-refractivity contribution in [3.05, 3.63) is 39.1 Å². The number of H-pyrrole nitrogens is 1. The zero-order valence-corrected chi connectivity index (χ0v) is 12.4. The van der Waals surface area contributed by atoms with Crippen LogP contribution in [0, 0.1) is 6.92 Å². The first-order valence-electron chi connectivity index (χ1n) is 7.34. The van der Waals surface area contributed by atoms with Gasteiger partial charge in [-0.2, -0.15) is 5.10 Å². The van der Waals surface area contributed by atoms with Crippen LogP contribution in [0.2, 0.25) is 0 Å². The van der Waals surface area contributed by atoms with Gasteiger partial charge >= 0.3 is 5.97 Å². The second-order valence-corrected chi connectivity index (χ2v) is 6.54. The van der Waals surface area contributed by atoms with E-state index in [0.29, 0.717) is 11.6 Å². The highest BCUT2D eigenvalue weighted by molar-refractivity contribution is 5.88. The molecule has 2 N–H and O–H groups in total. The molecule has 2 atom stereocenters. The molecule has 2 aromatic rings. The van der Waals surface area contributed by atoms with Crippen LogP contribution in [-0.2, 0) is 5.41 Å². The zero-order valence-electron chi connectivity index (χ0n) is 12.4. The zero-order chi connectivity index (χ0) is 15.6. The van der Waals surface area contributed by atoms with E-state index in [1.165, 1.54) is 10.7 Å². The van der Waals surface area contributed by atoms with Crippen molar-refractivity contribution in [2.75, 3.05) is 0 Å². The average molecular weight is 300 g/mol. The number of aromatic amines is 1. The number of aromatic nitrogens is 4. The lowest BCUT2D eigenvalue weighted by Gasteiger charge is -2.23. The van der Waals surface area contributed by atoms with Gasteiger partial charge in [0.15, 0.2) is 5.69 Å². The van der Waals surface area contributed by atoms with Gasteiger partial charge in [-0.3, -0.25) is 9.78 Å². The first-order chi connectivity index (χ1) is 10.4. The summed E-state index contributed by atoms with van der Waals surface area (Å²) in [5, 5.41) is 13.7. The molecular formula is C15H16N4O3. The van der Waals surface area contributed by atoms with E-state index in [1.54, 1.807) is 6.92 Å². The predicted molar refractivity (Wildman–Crippen MR) is 77.6 cm³/mol. The third-order valence-corrected chi connectivity index (χ3v) is 4.90. The van der Waals surface area contributed by atoms with Gasteiger partial charge in [-0.05, 0) is 32.1 Å². The summed E-state index contributed by atoms with van der Waals surface area (Å²) >= 11 is 0. The molecule has 0 radical (unpaired) electrons. The number of carboxylic acid groups (broad SMARTS) is 1. The highest BCUT2D eigenvalue weighted by Gasteiger charge is 2.51. The molecule has 2 aliphatic rings. The molecule has 7 heteroatoms. The molecule has 2 aromatic heterocycles. The summed E-state index contributed by atoms with van der Waals surface area (Å²) in [5.41, 5.74) is 2.03. The minimum absolute atomic E-state index is 0.0904. The summed E-state index contributed by atoms with van der Waals surface area (Å²) in [6, 6.07) is 1.40. The number of rotatable bonds is 2. The Morgan fingerprint density at radius 2 is 2.32 bits per heavy atom. The fraction of sp³-hybridized carbons (Fsp3) is 0.467. The lowest BCUT2D eigenvalue weighted by Crippen LogP contribution is -2.23. The molecule has 22 heavy (non-hydrogen) atoms. The first kappa shape index (κ1) is 13.2. The third kappa shape index (κ3) is 1.62. The van der Waals surface area contributed by atoms with Crippen molar-refractivity contribution in [1.29, 1.82) is 0 Å². The number of carboxylic acids is 1. The third-order valence-electron chi connectivity index (χ3n) is 4.90. The molecule has 2 aliphatic carbocycles. The van der Waals surface area contributed by atoms with Gasteiger partial charge in [0.2, 0.25) is 5.95 Å². The van der Waals surface area contributed by atoms with Crippen LogP contribution in [0.15, 0.2) is 10.9 Å². The molecule has 1 saturated carbocycles. The number of fused-ring (bicyclic) bond motifs is 5. The van der Waals surface area contributed by atoms with E-state index < -0.39 is 5.97 Å². The van der Waals surface area contributed by atoms with E-state index >= 15 is 0 Å². The average Bonchev–Trinajstić information content (AvgIpc) is 3.05. The minimum Gasteiger partial charge on any atom is -0.476 e. The maximum absolute atomic E-state index is 11.7. The molecule has 7 nitrogen and oxygen atoms in total. The van der Waals surface area contributed by atoms with Crippen LogP contribution < -0.4 is 5.56 Å². The smallest absolute Gasteiger partial charge is 0.356 e. The molecule has 2 unspecified atom stereocenters. The number of aryl methyl sites for hydroxylation is 1. The van der Waals surface area contributed by atoms with Gasteiger partial charge in [-0.15, -0.1) is 0 Å². The Morgan fingerprint density at radius 3 is 3.00 bits per heavy atom. The van der Waals surface area contributed by atoms with E-state index in [0.717, 1.165) is 30.5 Å². The molecule has 0 aliphatic heterocycles. The summed E-state index contributed by atoms with van der Waals surface area (Å²) in [6.45, 7) is 3.87. The van der Waals surface area contributed by atoms with Crippen LogP contribution in [0.1, 0.15) is 59.5 Å². The number of carbonyl (C=O) groups is 1.